The molecule has 0 radical (unpaired) electrons. The van der Waals surface area contributed by atoms with Crippen molar-refractivity contribution in [2.45, 2.75) is 18.2 Å². The van der Waals surface area contributed by atoms with Crippen molar-refractivity contribution in [3.05, 3.63) is 69.6 Å². The van der Waals surface area contributed by atoms with E-state index in [1.54, 1.807) is 22.8 Å². The first kappa shape index (κ1) is 16.7. The minimum Gasteiger partial charge on any atom is -0.281 e. The molecular formula is C18H16ClNO3S. The van der Waals surface area contributed by atoms with Crippen LogP contribution >= 0.6 is 11.6 Å². The third kappa shape index (κ3) is 2.85. The highest BCUT2D eigenvalue weighted by atomic mass is 35.5. The Kier molecular flexibility index (Phi) is 4.24. The van der Waals surface area contributed by atoms with Gasteiger partial charge < -0.3 is 0 Å². The van der Waals surface area contributed by atoms with Crippen molar-refractivity contribution >= 4 is 32.2 Å². The Morgan fingerprint density at radius 2 is 1.75 bits per heavy atom. The lowest BCUT2D eigenvalue weighted by Gasteiger charge is -2.14. The Morgan fingerprint density at radius 3 is 2.33 bits per heavy atom. The minimum absolute atomic E-state index is 0.206. The maximum atomic E-state index is 13.0. The van der Waals surface area contributed by atoms with Crippen LogP contribution in [0.3, 0.4) is 0 Å². The lowest BCUT2D eigenvalue weighted by Crippen LogP contribution is -2.22. The second-order valence-electron chi connectivity index (χ2n) is 5.60. The van der Waals surface area contributed by atoms with Gasteiger partial charge in [0.1, 0.15) is 0 Å². The number of pyridine rings is 1. The molecule has 24 heavy (non-hydrogen) atoms. The minimum atomic E-state index is -3.28. The van der Waals surface area contributed by atoms with Gasteiger partial charge in [-0.25, -0.2) is 8.42 Å². The average Bonchev–Trinajstić information content (AvgIpc) is 2.53. The van der Waals surface area contributed by atoms with E-state index in [0.29, 0.717) is 22.5 Å². The molecule has 0 unspecified atom stereocenters. The number of hydrogen-bond acceptors (Lipinski definition) is 3. The molecule has 0 bridgehead atoms. The standard InChI is InChI=1S/C18H16ClNO3S/c1-3-13-11-12-5-4-6-16(19)17(12)18(21)20(13)14-7-9-15(10-8-14)24(2,22)23/h4-11H,3H2,1-2H3. The van der Waals surface area contributed by atoms with Gasteiger partial charge in [0, 0.05) is 17.6 Å². The molecule has 124 valence electrons. The van der Waals surface area contributed by atoms with Crippen LogP contribution in [0.2, 0.25) is 5.02 Å². The molecular weight excluding hydrogens is 346 g/mol. The summed E-state index contributed by atoms with van der Waals surface area (Å²) in [5.41, 5.74) is 1.25. The van der Waals surface area contributed by atoms with Crippen LogP contribution in [0.5, 0.6) is 0 Å². The Labute approximate surface area is 145 Å². The van der Waals surface area contributed by atoms with E-state index in [1.165, 1.54) is 12.1 Å². The van der Waals surface area contributed by atoms with Gasteiger partial charge in [-0.1, -0.05) is 30.7 Å². The van der Waals surface area contributed by atoms with Gasteiger partial charge in [-0.15, -0.1) is 0 Å². The van der Waals surface area contributed by atoms with Gasteiger partial charge in [-0.05, 0) is 48.2 Å². The van der Waals surface area contributed by atoms with Crippen molar-refractivity contribution in [1.29, 1.82) is 0 Å². The zero-order chi connectivity index (χ0) is 17.5. The number of benzene rings is 2. The highest BCUT2D eigenvalue weighted by Gasteiger charge is 2.13. The molecule has 2 aromatic carbocycles. The highest BCUT2D eigenvalue weighted by Crippen LogP contribution is 2.23. The summed E-state index contributed by atoms with van der Waals surface area (Å²) >= 11 is 6.21. The zero-order valence-electron chi connectivity index (χ0n) is 13.3. The number of nitrogens with zero attached hydrogens (tertiary/aromatic N) is 1. The van der Waals surface area contributed by atoms with Crippen molar-refractivity contribution in [3.63, 3.8) is 0 Å². The van der Waals surface area contributed by atoms with E-state index in [-0.39, 0.29) is 10.5 Å². The molecule has 0 aliphatic carbocycles. The first-order chi connectivity index (χ1) is 11.3. The number of halogens is 1. The van der Waals surface area contributed by atoms with Gasteiger partial charge in [-0.2, -0.15) is 0 Å². The Bertz CT molecular complexity index is 1080. The predicted molar refractivity (Wildman–Crippen MR) is 97.0 cm³/mol. The summed E-state index contributed by atoms with van der Waals surface area (Å²) in [4.78, 5) is 13.2. The van der Waals surface area contributed by atoms with Gasteiger partial charge in [-0.3, -0.25) is 9.36 Å². The largest absolute Gasteiger partial charge is 0.281 e. The van der Waals surface area contributed by atoms with Crippen LogP contribution < -0.4 is 5.56 Å². The van der Waals surface area contributed by atoms with Gasteiger partial charge in [0.05, 0.1) is 15.3 Å². The number of aryl methyl sites for hydroxylation is 1. The van der Waals surface area contributed by atoms with E-state index in [0.717, 1.165) is 17.3 Å². The molecule has 1 aromatic heterocycles. The van der Waals surface area contributed by atoms with E-state index < -0.39 is 9.84 Å². The van der Waals surface area contributed by atoms with Gasteiger partial charge >= 0.3 is 0 Å². The molecule has 6 heteroatoms. The smallest absolute Gasteiger partial charge is 0.264 e. The maximum Gasteiger partial charge on any atom is 0.264 e. The van der Waals surface area contributed by atoms with Crippen LogP contribution in [0.15, 0.2) is 58.2 Å². The molecule has 0 fully saturated rings. The van der Waals surface area contributed by atoms with E-state index in [1.807, 2.05) is 25.1 Å². The van der Waals surface area contributed by atoms with E-state index in [9.17, 15) is 13.2 Å². The number of fused-ring (bicyclic) bond motifs is 1. The summed E-state index contributed by atoms with van der Waals surface area (Å²) in [5, 5.41) is 1.67. The van der Waals surface area contributed by atoms with Crippen molar-refractivity contribution in [1.82, 2.24) is 4.57 Å². The molecule has 3 aromatic rings. The summed E-state index contributed by atoms with van der Waals surface area (Å²) in [5.74, 6) is 0. The van der Waals surface area contributed by atoms with E-state index in [4.69, 9.17) is 11.6 Å². The van der Waals surface area contributed by atoms with Crippen molar-refractivity contribution < 1.29 is 8.42 Å². The van der Waals surface area contributed by atoms with Crippen LogP contribution in [-0.2, 0) is 16.3 Å². The van der Waals surface area contributed by atoms with Crippen molar-refractivity contribution in [2.75, 3.05) is 6.26 Å². The average molecular weight is 362 g/mol. The Balaban J connectivity index is 2.31. The molecule has 4 nitrogen and oxygen atoms in total. The molecule has 0 saturated heterocycles. The van der Waals surface area contributed by atoms with Gasteiger partial charge in [0.15, 0.2) is 9.84 Å². The molecule has 0 amide bonds. The van der Waals surface area contributed by atoms with Gasteiger partial charge in [0.25, 0.3) is 5.56 Å². The van der Waals surface area contributed by atoms with Crippen molar-refractivity contribution in [2.24, 2.45) is 0 Å². The molecule has 0 aliphatic heterocycles. The SMILES string of the molecule is CCc1cc2cccc(Cl)c2c(=O)n1-c1ccc(S(C)(=O)=O)cc1. The number of sulfone groups is 1. The first-order valence-corrected chi connectivity index (χ1v) is 9.73. The fourth-order valence-corrected chi connectivity index (χ4v) is 3.65. The second kappa shape index (κ2) is 6.07. The van der Waals surface area contributed by atoms with Crippen molar-refractivity contribution in [3.8, 4) is 5.69 Å². The monoisotopic (exact) mass is 361 g/mol. The molecule has 0 saturated carbocycles. The first-order valence-electron chi connectivity index (χ1n) is 7.46. The molecule has 0 N–H and O–H groups in total. The third-order valence-corrected chi connectivity index (χ3v) is 5.40. The van der Waals surface area contributed by atoms with Crippen LogP contribution in [0.1, 0.15) is 12.6 Å². The van der Waals surface area contributed by atoms with Crippen LogP contribution in [0.25, 0.3) is 16.5 Å². The maximum absolute atomic E-state index is 13.0. The normalized spacial score (nSPS) is 11.8. The molecule has 0 atom stereocenters. The summed E-state index contributed by atoms with van der Waals surface area (Å²) in [6.45, 7) is 1.96. The molecule has 0 spiro atoms. The number of hydrogen-bond donors (Lipinski definition) is 0. The van der Waals surface area contributed by atoms with E-state index >= 15 is 0 Å². The number of rotatable bonds is 3. The summed E-state index contributed by atoms with van der Waals surface area (Å²) in [7, 11) is -3.28. The predicted octanol–water partition coefficient (Wildman–Crippen LogP) is 3.61. The third-order valence-electron chi connectivity index (χ3n) is 3.96. The second-order valence-corrected chi connectivity index (χ2v) is 8.02. The molecule has 1 heterocycles. The van der Waals surface area contributed by atoms with Crippen LogP contribution in [-0.4, -0.2) is 19.2 Å². The highest BCUT2D eigenvalue weighted by molar-refractivity contribution is 7.90. The topological polar surface area (TPSA) is 56.1 Å². The van der Waals surface area contributed by atoms with Crippen LogP contribution in [0, 0.1) is 0 Å². The summed E-state index contributed by atoms with van der Waals surface area (Å²) in [6.07, 6.45) is 1.81. The fourth-order valence-electron chi connectivity index (χ4n) is 2.76. The van der Waals surface area contributed by atoms with E-state index in [2.05, 4.69) is 0 Å². The number of aromatic nitrogens is 1. The zero-order valence-corrected chi connectivity index (χ0v) is 14.9. The summed E-state index contributed by atoms with van der Waals surface area (Å²) in [6, 6.07) is 13.6. The lowest BCUT2D eigenvalue weighted by molar-refractivity contribution is 0.602. The van der Waals surface area contributed by atoms with Crippen LogP contribution in [0.4, 0.5) is 0 Å². The molecule has 0 aliphatic rings. The Morgan fingerprint density at radius 1 is 1.08 bits per heavy atom. The molecule has 3 rings (SSSR count). The quantitative estimate of drug-likeness (QED) is 0.716. The van der Waals surface area contributed by atoms with Gasteiger partial charge in [0.2, 0.25) is 0 Å². The summed E-state index contributed by atoms with van der Waals surface area (Å²) < 4.78 is 24.8. The lowest BCUT2D eigenvalue weighted by atomic mass is 10.1. The Hall–Kier alpha value is -2.11. The fraction of sp³-hybridized carbons (Fsp3) is 0.167.